The van der Waals surface area contributed by atoms with Crippen molar-refractivity contribution in [1.82, 2.24) is 4.90 Å². The molecular formula is C13H23NO2. The molecule has 0 aromatic rings. The minimum Gasteiger partial charge on any atom is -0.480 e. The van der Waals surface area contributed by atoms with E-state index in [1.165, 1.54) is 6.42 Å². The summed E-state index contributed by atoms with van der Waals surface area (Å²) in [5.74, 6) is -0.598. The smallest absolute Gasteiger partial charge is 0.324 e. The molecule has 0 aromatic carbocycles. The Morgan fingerprint density at radius 3 is 2.12 bits per heavy atom. The summed E-state index contributed by atoms with van der Waals surface area (Å²) in [7, 11) is 0. The summed E-state index contributed by atoms with van der Waals surface area (Å²) in [6.07, 6.45) is 6.42. The van der Waals surface area contributed by atoms with Gasteiger partial charge in [-0.25, -0.2) is 0 Å². The average molecular weight is 225 g/mol. The standard InChI is InChI=1S/C13H23NO2/c1-12(2)7-3-4-8-13(12,11(15)16)14-9-5-6-10-14/h3-10H2,1-2H3,(H,15,16). The number of carboxylic acid groups (broad SMARTS) is 1. The first-order chi connectivity index (χ1) is 7.51. The molecule has 1 saturated carbocycles. The van der Waals surface area contributed by atoms with E-state index in [-0.39, 0.29) is 5.41 Å². The van der Waals surface area contributed by atoms with Gasteiger partial charge in [0.1, 0.15) is 5.54 Å². The molecule has 3 heteroatoms. The summed E-state index contributed by atoms with van der Waals surface area (Å²) in [6.45, 7) is 6.21. The van der Waals surface area contributed by atoms with Crippen LogP contribution in [0.2, 0.25) is 0 Å². The van der Waals surface area contributed by atoms with Crippen molar-refractivity contribution in [1.29, 1.82) is 0 Å². The van der Waals surface area contributed by atoms with Crippen molar-refractivity contribution in [2.24, 2.45) is 5.41 Å². The second-order valence-electron chi connectivity index (χ2n) is 5.95. The average Bonchev–Trinajstić information content (AvgIpc) is 2.70. The van der Waals surface area contributed by atoms with Gasteiger partial charge in [-0.2, -0.15) is 0 Å². The summed E-state index contributed by atoms with van der Waals surface area (Å²) in [5.41, 5.74) is -0.691. The molecular weight excluding hydrogens is 202 g/mol. The van der Waals surface area contributed by atoms with Crippen LogP contribution in [-0.4, -0.2) is 34.6 Å². The van der Waals surface area contributed by atoms with Gasteiger partial charge in [0.05, 0.1) is 0 Å². The van der Waals surface area contributed by atoms with E-state index in [2.05, 4.69) is 18.7 Å². The summed E-state index contributed by atoms with van der Waals surface area (Å²) >= 11 is 0. The maximum atomic E-state index is 11.8. The second kappa shape index (κ2) is 4.02. The van der Waals surface area contributed by atoms with E-state index in [9.17, 15) is 9.90 Å². The zero-order valence-electron chi connectivity index (χ0n) is 10.5. The molecule has 1 aliphatic carbocycles. The van der Waals surface area contributed by atoms with Gasteiger partial charge >= 0.3 is 5.97 Å². The molecule has 1 aliphatic heterocycles. The molecule has 0 radical (unpaired) electrons. The summed E-state index contributed by atoms with van der Waals surface area (Å²) < 4.78 is 0. The van der Waals surface area contributed by atoms with Crippen LogP contribution in [-0.2, 0) is 4.79 Å². The molecule has 16 heavy (non-hydrogen) atoms. The zero-order chi connectivity index (χ0) is 11.8. The Morgan fingerprint density at radius 2 is 1.62 bits per heavy atom. The Labute approximate surface area is 97.8 Å². The minimum absolute atomic E-state index is 0.0958. The van der Waals surface area contributed by atoms with Gasteiger partial charge in [0, 0.05) is 0 Å². The van der Waals surface area contributed by atoms with Crippen molar-refractivity contribution in [3.63, 3.8) is 0 Å². The highest BCUT2D eigenvalue weighted by atomic mass is 16.4. The first-order valence-corrected chi connectivity index (χ1v) is 6.49. The fraction of sp³-hybridized carbons (Fsp3) is 0.923. The van der Waals surface area contributed by atoms with E-state index in [4.69, 9.17) is 0 Å². The Bertz CT molecular complexity index is 282. The Balaban J connectivity index is 2.35. The van der Waals surface area contributed by atoms with Crippen LogP contribution in [0, 0.1) is 5.41 Å². The fourth-order valence-electron chi connectivity index (χ4n) is 3.71. The number of hydrogen-bond donors (Lipinski definition) is 1. The van der Waals surface area contributed by atoms with Crippen molar-refractivity contribution < 1.29 is 9.90 Å². The Kier molecular flexibility index (Phi) is 2.99. The number of nitrogens with zero attached hydrogens (tertiary/aromatic N) is 1. The van der Waals surface area contributed by atoms with E-state index in [0.717, 1.165) is 45.2 Å². The van der Waals surface area contributed by atoms with Crippen LogP contribution in [0.1, 0.15) is 52.4 Å². The molecule has 0 amide bonds. The molecule has 1 atom stereocenters. The molecule has 2 fully saturated rings. The maximum absolute atomic E-state index is 11.8. The lowest BCUT2D eigenvalue weighted by molar-refractivity contribution is -0.164. The third kappa shape index (κ3) is 1.56. The van der Waals surface area contributed by atoms with Gasteiger partial charge in [0.2, 0.25) is 0 Å². The van der Waals surface area contributed by atoms with Gasteiger partial charge in [-0.3, -0.25) is 9.69 Å². The number of carbonyl (C=O) groups is 1. The zero-order valence-corrected chi connectivity index (χ0v) is 10.5. The van der Waals surface area contributed by atoms with E-state index >= 15 is 0 Å². The first-order valence-electron chi connectivity index (χ1n) is 6.49. The van der Waals surface area contributed by atoms with Crippen LogP contribution < -0.4 is 0 Å². The Morgan fingerprint density at radius 1 is 1.06 bits per heavy atom. The number of likely N-dealkylation sites (tertiary alicyclic amines) is 1. The van der Waals surface area contributed by atoms with Crippen molar-refractivity contribution in [2.45, 2.75) is 57.9 Å². The van der Waals surface area contributed by atoms with Gasteiger partial charge in [-0.15, -0.1) is 0 Å². The molecule has 1 N–H and O–H groups in total. The normalized spacial score (nSPS) is 35.1. The number of aliphatic carboxylic acids is 1. The van der Waals surface area contributed by atoms with Crippen molar-refractivity contribution in [2.75, 3.05) is 13.1 Å². The highest BCUT2D eigenvalue weighted by molar-refractivity contribution is 5.80. The fourth-order valence-corrected chi connectivity index (χ4v) is 3.71. The monoisotopic (exact) mass is 225 g/mol. The molecule has 1 saturated heterocycles. The quantitative estimate of drug-likeness (QED) is 0.785. The number of rotatable bonds is 2. The van der Waals surface area contributed by atoms with Crippen molar-refractivity contribution >= 4 is 5.97 Å². The van der Waals surface area contributed by atoms with Gasteiger partial charge in [0.15, 0.2) is 0 Å². The van der Waals surface area contributed by atoms with E-state index in [1.807, 2.05) is 0 Å². The molecule has 2 aliphatic rings. The second-order valence-corrected chi connectivity index (χ2v) is 5.95. The van der Waals surface area contributed by atoms with Crippen molar-refractivity contribution in [3.8, 4) is 0 Å². The lowest BCUT2D eigenvalue weighted by Gasteiger charge is -2.52. The summed E-state index contributed by atoms with van der Waals surface area (Å²) in [6, 6.07) is 0. The lowest BCUT2D eigenvalue weighted by atomic mass is 9.62. The predicted molar refractivity (Wildman–Crippen MR) is 63.4 cm³/mol. The topological polar surface area (TPSA) is 40.5 Å². The molecule has 2 rings (SSSR count). The highest BCUT2D eigenvalue weighted by Gasteiger charge is 2.56. The van der Waals surface area contributed by atoms with E-state index in [1.54, 1.807) is 0 Å². The lowest BCUT2D eigenvalue weighted by Crippen LogP contribution is -2.63. The van der Waals surface area contributed by atoms with Gasteiger partial charge in [-0.1, -0.05) is 26.7 Å². The van der Waals surface area contributed by atoms with Gasteiger partial charge in [0.25, 0.3) is 0 Å². The van der Waals surface area contributed by atoms with Gasteiger partial charge < -0.3 is 5.11 Å². The molecule has 0 spiro atoms. The highest BCUT2D eigenvalue weighted by Crippen LogP contribution is 2.48. The van der Waals surface area contributed by atoms with Crippen LogP contribution in [0.25, 0.3) is 0 Å². The molecule has 1 heterocycles. The molecule has 1 unspecified atom stereocenters. The predicted octanol–water partition coefficient (Wildman–Crippen LogP) is 2.51. The SMILES string of the molecule is CC1(C)CCCCC1(C(=O)O)N1CCCC1. The summed E-state index contributed by atoms with van der Waals surface area (Å²) in [4.78, 5) is 14.1. The van der Waals surface area contributed by atoms with Crippen LogP contribution >= 0.6 is 0 Å². The maximum Gasteiger partial charge on any atom is 0.324 e. The number of carboxylic acids is 1. The van der Waals surface area contributed by atoms with Crippen LogP contribution in [0.4, 0.5) is 0 Å². The van der Waals surface area contributed by atoms with Crippen molar-refractivity contribution in [3.05, 3.63) is 0 Å². The molecule has 0 aromatic heterocycles. The summed E-state index contributed by atoms with van der Waals surface area (Å²) in [5, 5.41) is 9.74. The third-order valence-electron chi connectivity index (χ3n) is 4.71. The first kappa shape index (κ1) is 11.9. The molecule has 0 bridgehead atoms. The number of hydrogen-bond acceptors (Lipinski definition) is 2. The molecule has 3 nitrogen and oxygen atoms in total. The van der Waals surface area contributed by atoms with Crippen LogP contribution in [0.3, 0.4) is 0 Å². The van der Waals surface area contributed by atoms with E-state index < -0.39 is 11.5 Å². The van der Waals surface area contributed by atoms with Gasteiger partial charge in [-0.05, 0) is 44.2 Å². The molecule has 92 valence electrons. The van der Waals surface area contributed by atoms with E-state index in [0.29, 0.717) is 0 Å². The third-order valence-corrected chi connectivity index (χ3v) is 4.71. The Hall–Kier alpha value is -0.570. The minimum atomic E-state index is -0.598. The largest absolute Gasteiger partial charge is 0.480 e. The van der Waals surface area contributed by atoms with Crippen LogP contribution in [0.5, 0.6) is 0 Å². The van der Waals surface area contributed by atoms with Crippen LogP contribution in [0.15, 0.2) is 0 Å².